The second-order valence-electron chi connectivity index (χ2n) is 6.92. The van der Waals surface area contributed by atoms with Crippen molar-refractivity contribution in [3.8, 4) is 0 Å². The number of hydrogen-bond acceptors (Lipinski definition) is 1. The quantitative estimate of drug-likeness (QED) is 0.302. The van der Waals surface area contributed by atoms with Crippen LogP contribution in [0.5, 0.6) is 0 Å². The van der Waals surface area contributed by atoms with Gasteiger partial charge in [0.15, 0.2) is 0 Å². The van der Waals surface area contributed by atoms with Crippen LogP contribution in [0, 0.1) is 0 Å². The Balaban J connectivity index is 0.00000141. The zero-order chi connectivity index (χ0) is 22.8. The number of nitrogens with zero attached hydrogens (tertiary/aromatic N) is 1. The lowest BCUT2D eigenvalue weighted by atomic mass is 10.4. The Hall–Kier alpha value is -2.50. The van der Waals surface area contributed by atoms with Gasteiger partial charge in [0.25, 0.3) is 0 Å². The van der Waals surface area contributed by atoms with Crippen molar-refractivity contribution in [2.45, 2.75) is 20.8 Å². The highest BCUT2D eigenvalue weighted by molar-refractivity contribution is 7.87. The van der Waals surface area contributed by atoms with Crippen molar-refractivity contribution in [2.24, 2.45) is 0 Å². The number of hydrogen-bond donors (Lipinski definition) is 0. The summed E-state index contributed by atoms with van der Waals surface area (Å²) in [6.07, 6.45) is 0. The van der Waals surface area contributed by atoms with Gasteiger partial charge < -0.3 is 0 Å². The van der Waals surface area contributed by atoms with Crippen LogP contribution in [0.3, 0.4) is 0 Å². The van der Waals surface area contributed by atoms with Crippen molar-refractivity contribution in [1.29, 1.82) is 0 Å². The highest BCUT2D eigenvalue weighted by atomic mass is 31.2. The molecule has 0 aromatic heterocycles. The number of benzene rings is 4. The summed E-state index contributed by atoms with van der Waals surface area (Å²) in [5.41, 5.74) is 0. The van der Waals surface area contributed by atoms with Gasteiger partial charge >= 0.3 is 0 Å². The summed E-state index contributed by atoms with van der Waals surface area (Å²) in [6.45, 7) is 6.79. The third-order valence-electron chi connectivity index (χ3n) is 5.05. The van der Waals surface area contributed by atoms with Gasteiger partial charge in [-0.25, -0.2) is 4.44 Å². The summed E-state index contributed by atoms with van der Waals surface area (Å²) in [7, 11) is -4.04. The SMILES string of the molecule is CC.CCN(P(c1ccccc1)c1ccccc1)P(=O)(c1ccccc1)c1ccccc1. The van der Waals surface area contributed by atoms with Crippen molar-refractivity contribution in [1.82, 2.24) is 4.44 Å². The van der Waals surface area contributed by atoms with Crippen molar-refractivity contribution in [3.63, 3.8) is 0 Å². The highest BCUT2D eigenvalue weighted by Crippen LogP contribution is 2.59. The van der Waals surface area contributed by atoms with E-state index >= 15 is 4.57 Å². The molecule has 0 saturated carbocycles. The molecular weight excluding hydrogens is 428 g/mol. The summed E-state index contributed by atoms with van der Waals surface area (Å²) in [6, 6.07) is 40.8. The van der Waals surface area contributed by atoms with Crippen molar-refractivity contribution in [2.75, 3.05) is 6.54 Å². The minimum Gasteiger partial charge on any atom is -0.296 e. The van der Waals surface area contributed by atoms with Crippen LogP contribution < -0.4 is 21.2 Å². The minimum atomic E-state index is -3.06. The molecule has 0 saturated heterocycles. The van der Waals surface area contributed by atoms with Gasteiger partial charge in [-0.2, -0.15) is 0 Å². The van der Waals surface area contributed by atoms with Crippen LogP contribution in [0.4, 0.5) is 0 Å². The van der Waals surface area contributed by atoms with Crippen LogP contribution >= 0.6 is 15.4 Å². The lowest BCUT2D eigenvalue weighted by molar-refractivity contribution is 0.554. The molecule has 0 atom stereocenters. The lowest BCUT2D eigenvalue weighted by Crippen LogP contribution is -2.34. The molecule has 32 heavy (non-hydrogen) atoms. The van der Waals surface area contributed by atoms with Crippen LogP contribution in [0.1, 0.15) is 20.8 Å². The maximum Gasteiger partial charge on any atom is 0.211 e. The van der Waals surface area contributed by atoms with E-state index in [1.165, 1.54) is 10.6 Å². The standard InChI is InChI=1S/C26H25NOP2.C2H6/c1-2-27(29(23-15-7-3-8-16-23)24-17-9-4-10-18-24)30(28,25-19-11-5-12-20-25)26-21-13-6-14-22-26;1-2/h3-22H,2H2,1H3;1-2H3. The van der Waals surface area contributed by atoms with E-state index in [1.54, 1.807) is 0 Å². The molecule has 0 fully saturated rings. The van der Waals surface area contributed by atoms with E-state index in [9.17, 15) is 0 Å². The average molecular weight is 460 g/mol. The maximum atomic E-state index is 15.1. The zero-order valence-corrected chi connectivity index (χ0v) is 20.8. The average Bonchev–Trinajstić information content (AvgIpc) is 2.90. The number of rotatable bonds is 7. The van der Waals surface area contributed by atoms with E-state index in [4.69, 9.17) is 0 Å². The molecule has 0 unspecified atom stereocenters. The van der Waals surface area contributed by atoms with Gasteiger partial charge in [-0.15, -0.1) is 0 Å². The van der Waals surface area contributed by atoms with E-state index in [-0.39, 0.29) is 0 Å². The fourth-order valence-corrected chi connectivity index (χ4v) is 10.3. The summed E-state index contributed by atoms with van der Waals surface area (Å²) < 4.78 is 17.3. The Morgan fingerprint density at radius 1 is 0.594 bits per heavy atom. The van der Waals surface area contributed by atoms with Gasteiger partial charge in [0.1, 0.15) is 0 Å². The van der Waals surface area contributed by atoms with Gasteiger partial charge in [0.2, 0.25) is 7.29 Å². The molecule has 4 aromatic carbocycles. The molecule has 2 nitrogen and oxygen atoms in total. The third kappa shape index (κ3) is 5.11. The molecule has 0 amide bonds. The second kappa shape index (κ2) is 11.9. The molecule has 164 valence electrons. The maximum absolute atomic E-state index is 15.1. The first-order chi connectivity index (χ1) is 15.7. The Labute approximate surface area is 194 Å². The van der Waals surface area contributed by atoms with Gasteiger partial charge in [0.05, 0.1) is 0 Å². The van der Waals surface area contributed by atoms with Crippen LogP contribution in [-0.2, 0) is 4.57 Å². The first-order valence-electron chi connectivity index (χ1n) is 11.1. The zero-order valence-electron chi connectivity index (χ0n) is 19.0. The fourth-order valence-electron chi connectivity index (χ4n) is 3.70. The summed E-state index contributed by atoms with van der Waals surface area (Å²) in [5.74, 6) is 0. The van der Waals surface area contributed by atoms with Crippen molar-refractivity contribution < 1.29 is 4.57 Å². The fraction of sp³-hybridized carbons (Fsp3) is 0.143. The first-order valence-corrected chi connectivity index (χ1v) is 14.1. The van der Waals surface area contributed by atoms with Gasteiger partial charge in [-0.1, -0.05) is 118 Å². The smallest absolute Gasteiger partial charge is 0.211 e. The molecule has 0 N–H and O–H groups in total. The monoisotopic (exact) mass is 459 g/mol. The predicted octanol–water partition coefficient (Wildman–Crippen LogP) is 6.31. The van der Waals surface area contributed by atoms with Crippen LogP contribution in [0.2, 0.25) is 0 Å². The van der Waals surface area contributed by atoms with E-state index in [1.807, 2.05) is 86.6 Å². The predicted molar refractivity (Wildman–Crippen MR) is 143 cm³/mol. The lowest BCUT2D eigenvalue weighted by Gasteiger charge is -2.38. The Kier molecular flexibility index (Phi) is 9.00. The summed E-state index contributed by atoms with van der Waals surface area (Å²) in [5, 5.41) is 4.15. The largest absolute Gasteiger partial charge is 0.296 e. The van der Waals surface area contributed by atoms with Gasteiger partial charge in [0, 0.05) is 25.2 Å². The van der Waals surface area contributed by atoms with Gasteiger partial charge in [-0.3, -0.25) is 4.57 Å². The molecule has 4 heteroatoms. The molecule has 4 rings (SSSR count). The third-order valence-corrected chi connectivity index (χ3v) is 11.6. The molecule has 0 spiro atoms. The van der Waals surface area contributed by atoms with E-state index in [2.05, 4.69) is 59.9 Å². The van der Waals surface area contributed by atoms with E-state index in [0.29, 0.717) is 6.54 Å². The molecule has 0 bridgehead atoms. The van der Waals surface area contributed by atoms with Crippen LogP contribution in [0.25, 0.3) is 0 Å². The first kappa shape index (κ1) is 24.1. The second-order valence-corrected chi connectivity index (χ2v) is 12.0. The molecule has 0 aliphatic rings. The van der Waals surface area contributed by atoms with Crippen molar-refractivity contribution in [3.05, 3.63) is 121 Å². The molecule has 0 aliphatic carbocycles. The van der Waals surface area contributed by atoms with E-state index < -0.39 is 15.4 Å². The highest BCUT2D eigenvalue weighted by Gasteiger charge is 2.39. The Morgan fingerprint density at radius 3 is 1.22 bits per heavy atom. The molecular formula is C28H31NOP2. The molecule has 0 heterocycles. The molecule has 0 radical (unpaired) electrons. The topological polar surface area (TPSA) is 20.3 Å². The minimum absolute atomic E-state index is 0.677. The van der Waals surface area contributed by atoms with Crippen LogP contribution in [-0.4, -0.2) is 11.0 Å². The van der Waals surface area contributed by atoms with Crippen molar-refractivity contribution >= 4 is 36.6 Å². The Bertz CT molecular complexity index is 1020. The van der Waals surface area contributed by atoms with E-state index in [0.717, 1.165) is 10.6 Å². The molecule has 0 aliphatic heterocycles. The Morgan fingerprint density at radius 2 is 0.906 bits per heavy atom. The summed E-state index contributed by atoms with van der Waals surface area (Å²) >= 11 is 0. The molecule has 4 aromatic rings. The van der Waals surface area contributed by atoms with Crippen LogP contribution in [0.15, 0.2) is 121 Å². The van der Waals surface area contributed by atoms with Gasteiger partial charge in [-0.05, 0) is 34.9 Å². The summed E-state index contributed by atoms with van der Waals surface area (Å²) in [4.78, 5) is 0. The normalized spacial score (nSPS) is 11.2.